The van der Waals surface area contributed by atoms with Crippen LogP contribution in [0, 0.1) is 39.9 Å². The van der Waals surface area contributed by atoms with Gasteiger partial charge >= 0.3 is 11.9 Å². The molecule has 4 aliphatic carbocycles. The van der Waals surface area contributed by atoms with Crippen LogP contribution in [0.3, 0.4) is 0 Å². The standard InChI is InChI=1S/C20H28O5/c1-10-8-20-9-11(10)12(21)7-13(20)18(2)5-4-6-19(3,17(24)25)15(18)14(20)16(22)23/h11-15,21H,1,4-9H2,2-3H3,(H,22,23)(H,24,25)/t11-,12+,13+,14-,15+,18+,19-,20-/m1/s1. The van der Waals surface area contributed by atoms with Crippen LogP contribution in [0.1, 0.15) is 52.4 Å². The van der Waals surface area contributed by atoms with Gasteiger partial charge in [-0.3, -0.25) is 9.59 Å². The lowest BCUT2D eigenvalue weighted by Crippen LogP contribution is -2.50. The van der Waals surface area contributed by atoms with Gasteiger partial charge in [-0.1, -0.05) is 25.5 Å². The number of aliphatic hydroxyl groups excluding tert-OH is 1. The third-order valence-electron chi connectivity index (χ3n) is 8.63. The summed E-state index contributed by atoms with van der Waals surface area (Å²) >= 11 is 0. The Balaban J connectivity index is 1.93. The van der Waals surface area contributed by atoms with Gasteiger partial charge in [-0.05, 0) is 61.7 Å². The molecule has 0 aliphatic heterocycles. The van der Waals surface area contributed by atoms with Crippen molar-refractivity contribution in [3.63, 3.8) is 0 Å². The minimum absolute atomic E-state index is 0.0297. The predicted octanol–water partition coefficient (Wildman–Crippen LogP) is 2.93. The second-order valence-electron chi connectivity index (χ2n) is 9.61. The molecule has 3 N–H and O–H groups in total. The number of aliphatic hydroxyl groups is 1. The number of fused-ring (bicyclic) bond motifs is 3. The van der Waals surface area contributed by atoms with Crippen molar-refractivity contribution >= 4 is 11.9 Å². The Hall–Kier alpha value is -1.36. The fourth-order valence-corrected chi connectivity index (χ4v) is 7.85. The first-order valence-corrected chi connectivity index (χ1v) is 9.40. The first-order valence-electron chi connectivity index (χ1n) is 9.40. The van der Waals surface area contributed by atoms with Crippen molar-refractivity contribution in [2.45, 2.75) is 58.5 Å². The van der Waals surface area contributed by atoms with E-state index >= 15 is 0 Å². The van der Waals surface area contributed by atoms with Crippen molar-refractivity contribution in [3.05, 3.63) is 12.2 Å². The molecule has 0 aromatic rings. The molecule has 0 amide bonds. The molecule has 2 bridgehead atoms. The van der Waals surface area contributed by atoms with E-state index in [-0.39, 0.29) is 17.3 Å². The highest BCUT2D eigenvalue weighted by Crippen LogP contribution is 2.77. The second-order valence-corrected chi connectivity index (χ2v) is 9.61. The van der Waals surface area contributed by atoms with Gasteiger partial charge < -0.3 is 15.3 Å². The first-order chi connectivity index (χ1) is 11.6. The molecule has 4 saturated carbocycles. The van der Waals surface area contributed by atoms with E-state index in [1.165, 1.54) is 0 Å². The Morgan fingerprint density at radius 1 is 1.20 bits per heavy atom. The van der Waals surface area contributed by atoms with Crippen LogP contribution in [0.25, 0.3) is 0 Å². The summed E-state index contributed by atoms with van der Waals surface area (Å²) in [6.07, 6.45) is 3.55. The van der Waals surface area contributed by atoms with Gasteiger partial charge in [-0.15, -0.1) is 0 Å². The van der Waals surface area contributed by atoms with E-state index in [0.29, 0.717) is 25.7 Å². The lowest BCUT2D eigenvalue weighted by molar-refractivity contribution is -0.166. The third kappa shape index (κ3) is 1.83. The van der Waals surface area contributed by atoms with Crippen LogP contribution in [0.2, 0.25) is 0 Å². The molecule has 25 heavy (non-hydrogen) atoms. The van der Waals surface area contributed by atoms with E-state index in [1.807, 2.05) is 0 Å². The predicted molar refractivity (Wildman–Crippen MR) is 90.7 cm³/mol. The van der Waals surface area contributed by atoms with E-state index < -0.39 is 40.7 Å². The van der Waals surface area contributed by atoms with Crippen LogP contribution in [-0.2, 0) is 9.59 Å². The Morgan fingerprint density at radius 3 is 2.48 bits per heavy atom. The molecule has 4 rings (SSSR count). The second kappa shape index (κ2) is 4.87. The summed E-state index contributed by atoms with van der Waals surface area (Å²) < 4.78 is 0. The molecule has 5 nitrogen and oxygen atoms in total. The van der Waals surface area contributed by atoms with Gasteiger partial charge in [-0.25, -0.2) is 0 Å². The molecule has 0 aromatic carbocycles. The molecule has 0 radical (unpaired) electrons. The molecule has 4 fully saturated rings. The summed E-state index contributed by atoms with van der Waals surface area (Å²) in [6, 6.07) is 0. The maximum atomic E-state index is 12.4. The first kappa shape index (κ1) is 17.1. The van der Waals surface area contributed by atoms with Crippen LogP contribution in [0.15, 0.2) is 12.2 Å². The van der Waals surface area contributed by atoms with Crippen LogP contribution < -0.4 is 0 Å². The third-order valence-corrected chi connectivity index (χ3v) is 8.63. The average Bonchev–Trinajstić information content (AvgIpc) is 2.92. The molecule has 8 atom stereocenters. The van der Waals surface area contributed by atoms with E-state index in [1.54, 1.807) is 6.92 Å². The average molecular weight is 348 g/mol. The molecule has 1 spiro atoms. The normalized spacial score (nSPS) is 54.0. The summed E-state index contributed by atoms with van der Waals surface area (Å²) in [4.78, 5) is 24.7. The highest BCUT2D eigenvalue weighted by Gasteiger charge is 2.76. The van der Waals surface area contributed by atoms with Crippen molar-refractivity contribution in [1.82, 2.24) is 0 Å². The number of aliphatic carboxylic acids is 2. The smallest absolute Gasteiger partial charge is 0.309 e. The Labute approximate surface area is 148 Å². The fraction of sp³-hybridized carbons (Fsp3) is 0.800. The summed E-state index contributed by atoms with van der Waals surface area (Å²) in [5, 5.41) is 30.9. The van der Waals surface area contributed by atoms with E-state index in [2.05, 4.69) is 13.5 Å². The molecule has 0 saturated heterocycles. The molecular weight excluding hydrogens is 320 g/mol. The van der Waals surface area contributed by atoms with Gasteiger partial charge in [-0.2, -0.15) is 0 Å². The van der Waals surface area contributed by atoms with Crippen LogP contribution in [0.4, 0.5) is 0 Å². The SMILES string of the molecule is C=C1C[C@@]23C[C@H]1[C@@H](O)C[C@H]2[C@]1(C)CCC[C@@](C)(C(=O)O)[C@H]1[C@@H]3C(=O)O. The highest BCUT2D eigenvalue weighted by atomic mass is 16.4. The quantitative estimate of drug-likeness (QED) is 0.667. The Morgan fingerprint density at radius 2 is 1.88 bits per heavy atom. The number of hydrogen-bond acceptors (Lipinski definition) is 3. The lowest BCUT2D eigenvalue weighted by Gasteiger charge is -2.50. The zero-order valence-corrected chi connectivity index (χ0v) is 15.0. The number of carboxylic acids is 2. The molecule has 4 aliphatic rings. The topological polar surface area (TPSA) is 94.8 Å². The highest BCUT2D eigenvalue weighted by molar-refractivity contribution is 5.79. The van der Waals surface area contributed by atoms with Gasteiger partial charge in [0.1, 0.15) is 0 Å². The van der Waals surface area contributed by atoms with Crippen molar-refractivity contribution in [2.75, 3.05) is 0 Å². The van der Waals surface area contributed by atoms with Gasteiger partial charge in [0.25, 0.3) is 0 Å². The lowest BCUT2D eigenvalue weighted by atomic mass is 9.53. The summed E-state index contributed by atoms with van der Waals surface area (Å²) in [5.74, 6) is -2.78. The van der Waals surface area contributed by atoms with Crippen molar-refractivity contribution < 1.29 is 24.9 Å². The zero-order chi connectivity index (χ0) is 18.4. The summed E-state index contributed by atoms with van der Waals surface area (Å²) in [6.45, 7) is 7.99. The number of carboxylic acid groups (broad SMARTS) is 2. The summed E-state index contributed by atoms with van der Waals surface area (Å²) in [5.41, 5.74) is -0.856. The summed E-state index contributed by atoms with van der Waals surface area (Å²) in [7, 11) is 0. The van der Waals surface area contributed by atoms with Crippen molar-refractivity contribution in [1.29, 1.82) is 0 Å². The Bertz CT molecular complexity index is 671. The zero-order valence-electron chi connectivity index (χ0n) is 15.0. The van der Waals surface area contributed by atoms with E-state index in [4.69, 9.17) is 0 Å². The van der Waals surface area contributed by atoms with Crippen LogP contribution >= 0.6 is 0 Å². The van der Waals surface area contributed by atoms with Crippen LogP contribution in [0.5, 0.6) is 0 Å². The molecule has 0 aromatic heterocycles. The van der Waals surface area contributed by atoms with Crippen LogP contribution in [-0.4, -0.2) is 33.4 Å². The van der Waals surface area contributed by atoms with Gasteiger partial charge in [0.2, 0.25) is 0 Å². The molecular formula is C20H28O5. The van der Waals surface area contributed by atoms with Gasteiger partial charge in [0.05, 0.1) is 17.4 Å². The Kier molecular flexibility index (Phi) is 3.33. The fourth-order valence-electron chi connectivity index (χ4n) is 7.85. The maximum absolute atomic E-state index is 12.4. The van der Waals surface area contributed by atoms with E-state index in [0.717, 1.165) is 18.4 Å². The van der Waals surface area contributed by atoms with Gasteiger partial charge in [0.15, 0.2) is 0 Å². The van der Waals surface area contributed by atoms with E-state index in [9.17, 15) is 24.9 Å². The monoisotopic (exact) mass is 348 g/mol. The molecule has 138 valence electrons. The maximum Gasteiger partial charge on any atom is 0.309 e. The minimum Gasteiger partial charge on any atom is -0.481 e. The van der Waals surface area contributed by atoms with Crippen molar-refractivity contribution in [3.8, 4) is 0 Å². The van der Waals surface area contributed by atoms with Gasteiger partial charge in [0, 0.05) is 5.92 Å². The molecule has 0 unspecified atom stereocenters. The number of hydrogen-bond donors (Lipinski definition) is 3. The largest absolute Gasteiger partial charge is 0.481 e. The minimum atomic E-state index is -1.02. The molecule has 0 heterocycles. The van der Waals surface area contributed by atoms with Crippen molar-refractivity contribution in [2.24, 2.45) is 39.9 Å². The molecule has 5 heteroatoms. The number of rotatable bonds is 2. The number of carbonyl (C=O) groups is 2.